The molecule has 3 rings (SSSR count). The number of nitrogens with zero attached hydrogens (tertiary/aromatic N) is 2. The minimum Gasteiger partial charge on any atom is -0.349 e. The van der Waals surface area contributed by atoms with Crippen molar-refractivity contribution >= 4 is 5.91 Å². The molecule has 0 fully saturated rings. The summed E-state index contributed by atoms with van der Waals surface area (Å²) in [6, 6.07) is 10.6. The second kappa shape index (κ2) is 7.65. The lowest BCUT2D eigenvalue weighted by atomic mass is 9.92. The first kappa shape index (κ1) is 16.7. The van der Waals surface area contributed by atoms with Crippen molar-refractivity contribution in [2.75, 3.05) is 0 Å². The Morgan fingerprint density at radius 2 is 2.17 bits per heavy atom. The molecule has 1 aliphatic carbocycles. The smallest absolute Gasteiger partial charge is 0.223 e. The molecular weight excluding hydrogens is 298 g/mol. The number of amides is 1. The summed E-state index contributed by atoms with van der Waals surface area (Å²) >= 11 is 0. The van der Waals surface area contributed by atoms with E-state index in [1.54, 1.807) is 0 Å². The van der Waals surface area contributed by atoms with E-state index in [4.69, 9.17) is 0 Å². The number of aromatic nitrogens is 2. The van der Waals surface area contributed by atoms with Gasteiger partial charge in [-0.3, -0.25) is 9.48 Å². The van der Waals surface area contributed by atoms with E-state index in [0.29, 0.717) is 0 Å². The first-order chi connectivity index (χ1) is 11.6. The summed E-state index contributed by atoms with van der Waals surface area (Å²) in [5, 5.41) is 7.59. The summed E-state index contributed by atoms with van der Waals surface area (Å²) in [6.45, 7) is 2.04. The molecule has 1 amide bonds. The lowest BCUT2D eigenvalue weighted by Crippen LogP contribution is -2.34. The molecule has 128 valence electrons. The molecule has 0 bridgehead atoms. The fourth-order valence-corrected chi connectivity index (χ4v) is 3.56. The first-order valence-electron chi connectivity index (χ1n) is 9.00. The first-order valence-corrected chi connectivity index (χ1v) is 9.00. The van der Waals surface area contributed by atoms with Crippen LogP contribution < -0.4 is 5.32 Å². The van der Waals surface area contributed by atoms with Gasteiger partial charge in [0.1, 0.15) is 0 Å². The minimum atomic E-state index is 0.0516. The quantitative estimate of drug-likeness (QED) is 0.882. The third-order valence-electron chi connectivity index (χ3n) is 5.09. The summed E-state index contributed by atoms with van der Waals surface area (Å²) in [4.78, 5) is 12.5. The van der Waals surface area contributed by atoms with Crippen LogP contribution in [0.5, 0.6) is 0 Å². The highest BCUT2D eigenvalue weighted by atomic mass is 16.1. The lowest BCUT2D eigenvalue weighted by Gasteiger charge is -2.25. The fourth-order valence-electron chi connectivity index (χ4n) is 3.56. The molecule has 1 heterocycles. The molecular formula is C20H27N3O. The molecule has 0 unspecified atom stereocenters. The van der Waals surface area contributed by atoms with Gasteiger partial charge in [0.2, 0.25) is 5.91 Å². The number of benzene rings is 1. The Kier molecular flexibility index (Phi) is 5.34. The van der Waals surface area contributed by atoms with Crippen molar-refractivity contribution < 1.29 is 4.79 Å². The molecule has 24 heavy (non-hydrogen) atoms. The minimum absolute atomic E-state index is 0.0516. The van der Waals surface area contributed by atoms with E-state index < -0.39 is 0 Å². The maximum absolute atomic E-state index is 12.5. The molecule has 0 saturated carbocycles. The molecule has 0 aliphatic heterocycles. The van der Waals surface area contributed by atoms with E-state index in [2.05, 4.69) is 34.7 Å². The molecule has 0 spiro atoms. The number of hydrogen-bond acceptors (Lipinski definition) is 2. The Labute approximate surface area is 144 Å². The van der Waals surface area contributed by atoms with E-state index >= 15 is 0 Å². The molecule has 1 aromatic carbocycles. The monoisotopic (exact) mass is 325 g/mol. The zero-order valence-electron chi connectivity index (χ0n) is 14.7. The van der Waals surface area contributed by atoms with Crippen LogP contribution in [0.4, 0.5) is 0 Å². The Morgan fingerprint density at radius 1 is 1.38 bits per heavy atom. The Morgan fingerprint density at radius 3 is 2.96 bits per heavy atom. The molecule has 2 atom stereocenters. The van der Waals surface area contributed by atoms with Crippen molar-refractivity contribution in [2.24, 2.45) is 13.0 Å². The van der Waals surface area contributed by atoms with Gasteiger partial charge in [0.15, 0.2) is 0 Å². The van der Waals surface area contributed by atoms with Gasteiger partial charge in [0, 0.05) is 24.2 Å². The van der Waals surface area contributed by atoms with E-state index in [1.807, 2.05) is 30.9 Å². The highest BCUT2D eigenvalue weighted by Gasteiger charge is 2.26. The summed E-state index contributed by atoms with van der Waals surface area (Å²) in [6.07, 6.45) is 8.11. The van der Waals surface area contributed by atoms with Gasteiger partial charge < -0.3 is 5.32 Å². The van der Waals surface area contributed by atoms with E-state index in [1.165, 1.54) is 16.8 Å². The van der Waals surface area contributed by atoms with Crippen LogP contribution in [-0.2, 0) is 24.7 Å². The lowest BCUT2D eigenvalue weighted by molar-refractivity contribution is -0.125. The average Bonchev–Trinajstić information content (AvgIpc) is 2.98. The van der Waals surface area contributed by atoms with Crippen LogP contribution in [0, 0.1) is 5.92 Å². The highest BCUT2D eigenvalue weighted by molar-refractivity contribution is 5.78. The molecule has 4 nitrogen and oxygen atoms in total. The normalized spacial score (nSPS) is 18.0. The van der Waals surface area contributed by atoms with Gasteiger partial charge in [-0.2, -0.15) is 5.10 Å². The van der Waals surface area contributed by atoms with Crippen molar-refractivity contribution in [2.45, 2.75) is 51.5 Å². The Balaban J connectivity index is 1.50. The molecule has 1 aliphatic rings. The topological polar surface area (TPSA) is 46.9 Å². The van der Waals surface area contributed by atoms with Crippen LogP contribution in [0.15, 0.2) is 36.5 Å². The van der Waals surface area contributed by atoms with Crippen LogP contribution in [0.3, 0.4) is 0 Å². The Hall–Kier alpha value is -2.10. The average molecular weight is 325 g/mol. The maximum Gasteiger partial charge on any atom is 0.223 e. The Bertz CT molecular complexity index is 677. The summed E-state index contributed by atoms with van der Waals surface area (Å²) < 4.78 is 1.94. The van der Waals surface area contributed by atoms with Gasteiger partial charge in [-0.1, -0.05) is 37.3 Å². The van der Waals surface area contributed by atoms with Crippen molar-refractivity contribution in [3.05, 3.63) is 53.3 Å². The van der Waals surface area contributed by atoms with Crippen molar-refractivity contribution in [1.29, 1.82) is 0 Å². The van der Waals surface area contributed by atoms with Crippen LogP contribution in [0.1, 0.15) is 55.5 Å². The third kappa shape index (κ3) is 3.86. The van der Waals surface area contributed by atoms with Crippen molar-refractivity contribution in [1.82, 2.24) is 15.1 Å². The van der Waals surface area contributed by atoms with Crippen molar-refractivity contribution in [3.8, 4) is 0 Å². The van der Waals surface area contributed by atoms with Gasteiger partial charge in [-0.25, -0.2) is 0 Å². The predicted molar refractivity (Wildman–Crippen MR) is 95.6 cm³/mol. The van der Waals surface area contributed by atoms with Gasteiger partial charge in [-0.15, -0.1) is 0 Å². The standard InChI is InChI=1S/C20H27N3O/c1-15(8-6-11-16-9-4-3-5-10-16)20(24)22-18-12-7-13-19-17(18)14-21-23(19)2/h3-5,9-10,14-15,18H,6-8,11-13H2,1-2H3,(H,22,24)/t15-,18-/m1/s1. The predicted octanol–water partition coefficient (Wildman–Crippen LogP) is 3.57. The van der Waals surface area contributed by atoms with E-state index in [-0.39, 0.29) is 17.9 Å². The molecule has 0 radical (unpaired) electrons. The maximum atomic E-state index is 12.5. The van der Waals surface area contributed by atoms with Crippen LogP contribution in [0.2, 0.25) is 0 Å². The largest absolute Gasteiger partial charge is 0.349 e. The van der Waals surface area contributed by atoms with Crippen LogP contribution in [0.25, 0.3) is 0 Å². The van der Waals surface area contributed by atoms with Gasteiger partial charge in [0.25, 0.3) is 0 Å². The second-order valence-corrected chi connectivity index (χ2v) is 6.90. The number of aryl methyl sites for hydroxylation is 2. The SMILES string of the molecule is C[C@H](CCCc1ccccc1)C(=O)N[C@@H]1CCCc2c1cnn2C. The summed E-state index contributed by atoms with van der Waals surface area (Å²) in [5.41, 5.74) is 3.81. The summed E-state index contributed by atoms with van der Waals surface area (Å²) in [5.74, 6) is 0.223. The number of hydrogen-bond donors (Lipinski definition) is 1. The molecule has 2 aromatic rings. The number of carbonyl (C=O) groups excluding carboxylic acids is 1. The number of carbonyl (C=O) groups is 1. The van der Waals surface area contributed by atoms with Crippen LogP contribution in [-0.4, -0.2) is 15.7 Å². The number of rotatable bonds is 6. The highest BCUT2D eigenvalue weighted by Crippen LogP contribution is 2.29. The van der Waals surface area contributed by atoms with E-state index in [0.717, 1.165) is 38.5 Å². The van der Waals surface area contributed by atoms with Crippen LogP contribution >= 0.6 is 0 Å². The third-order valence-corrected chi connectivity index (χ3v) is 5.09. The number of fused-ring (bicyclic) bond motifs is 1. The molecule has 0 saturated heterocycles. The zero-order valence-corrected chi connectivity index (χ0v) is 14.7. The molecule has 1 aromatic heterocycles. The van der Waals surface area contributed by atoms with E-state index in [9.17, 15) is 4.79 Å². The molecule has 4 heteroatoms. The molecule has 1 N–H and O–H groups in total. The van der Waals surface area contributed by atoms with Gasteiger partial charge >= 0.3 is 0 Å². The van der Waals surface area contributed by atoms with Crippen molar-refractivity contribution in [3.63, 3.8) is 0 Å². The fraction of sp³-hybridized carbons (Fsp3) is 0.500. The number of nitrogens with one attached hydrogen (secondary N) is 1. The van der Waals surface area contributed by atoms with Gasteiger partial charge in [-0.05, 0) is 44.1 Å². The second-order valence-electron chi connectivity index (χ2n) is 6.90. The van der Waals surface area contributed by atoms with Gasteiger partial charge in [0.05, 0.1) is 12.2 Å². The zero-order chi connectivity index (χ0) is 16.9. The summed E-state index contributed by atoms with van der Waals surface area (Å²) in [7, 11) is 1.98.